The van der Waals surface area contributed by atoms with Gasteiger partial charge in [0.1, 0.15) is 5.82 Å². The van der Waals surface area contributed by atoms with Crippen LogP contribution in [-0.4, -0.2) is 55.1 Å². The second-order valence-corrected chi connectivity index (χ2v) is 5.19. The summed E-state index contributed by atoms with van der Waals surface area (Å²) in [6.07, 6.45) is 2.80. The Kier molecular flexibility index (Phi) is 7.22. The van der Waals surface area contributed by atoms with E-state index in [0.29, 0.717) is 5.91 Å². The van der Waals surface area contributed by atoms with Crippen LogP contribution in [0, 0.1) is 5.92 Å². The minimum Gasteiger partial charge on any atom is -0.353 e. The maximum atomic E-state index is 12.3. The van der Waals surface area contributed by atoms with Crippen LogP contribution in [0.3, 0.4) is 0 Å². The first-order valence-electron chi connectivity index (χ1n) is 7.00. The molecule has 2 aliphatic heterocycles. The van der Waals surface area contributed by atoms with Crippen molar-refractivity contribution in [1.82, 2.24) is 15.2 Å². The number of nitrogens with zero attached hydrogens (tertiary/aromatic N) is 3. The van der Waals surface area contributed by atoms with Crippen molar-refractivity contribution in [2.75, 3.05) is 44.2 Å². The zero-order valence-electron chi connectivity index (χ0n) is 11.9. The molecule has 1 N–H and O–H groups in total. The molecule has 1 atom stereocenters. The molecular weight excluding hydrogens is 311 g/mol. The predicted molar refractivity (Wildman–Crippen MR) is 88.5 cm³/mol. The molecule has 3 heterocycles. The number of piperazine rings is 1. The topological polar surface area (TPSA) is 48.5 Å². The third-order valence-corrected chi connectivity index (χ3v) is 3.97. The summed E-state index contributed by atoms with van der Waals surface area (Å²) in [5.41, 5.74) is 0. The summed E-state index contributed by atoms with van der Waals surface area (Å²) in [5.74, 6) is 1.53. The lowest BCUT2D eigenvalue weighted by Crippen LogP contribution is -2.50. The van der Waals surface area contributed by atoms with Gasteiger partial charge < -0.3 is 15.1 Å². The van der Waals surface area contributed by atoms with Crippen LogP contribution in [-0.2, 0) is 4.79 Å². The van der Waals surface area contributed by atoms with Gasteiger partial charge in [0, 0.05) is 38.9 Å². The fraction of sp³-hybridized carbons (Fsp3) is 0.571. The summed E-state index contributed by atoms with van der Waals surface area (Å²) >= 11 is 0. The van der Waals surface area contributed by atoms with Crippen LogP contribution in [0.4, 0.5) is 5.82 Å². The Morgan fingerprint density at radius 2 is 1.95 bits per heavy atom. The number of carbonyl (C=O) groups is 1. The fourth-order valence-electron chi connectivity index (χ4n) is 2.82. The van der Waals surface area contributed by atoms with Crippen molar-refractivity contribution < 1.29 is 4.79 Å². The monoisotopic (exact) mass is 332 g/mol. The van der Waals surface area contributed by atoms with Crippen molar-refractivity contribution in [2.45, 2.75) is 6.42 Å². The summed E-state index contributed by atoms with van der Waals surface area (Å²) < 4.78 is 0. The molecule has 2 fully saturated rings. The van der Waals surface area contributed by atoms with E-state index in [9.17, 15) is 4.79 Å². The van der Waals surface area contributed by atoms with E-state index in [1.54, 1.807) is 0 Å². The number of aromatic nitrogens is 1. The van der Waals surface area contributed by atoms with E-state index in [2.05, 4.69) is 15.2 Å². The molecule has 1 amide bonds. The molecule has 118 valence electrons. The van der Waals surface area contributed by atoms with Crippen molar-refractivity contribution in [1.29, 1.82) is 0 Å². The normalized spacial score (nSPS) is 21.4. The summed E-state index contributed by atoms with van der Waals surface area (Å²) in [5, 5.41) is 3.26. The number of hydrogen-bond donors (Lipinski definition) is 1. The molecular formula is C14H22Cl2N4O. The van der Waals surface area contributed by atoms with Gasteiger partial charge in [-0.25, -0.2) is 4.98 Å². The van der Waals surface area contributed by atoms with E-state index >= 15 is 0 Å². The van der Waals surface area contributed by atoms with Crippen molar-refractivity contribution in [3.8, 4) is 0 Å². The molecule has 0 radical (unpaired) electrons. The van der Waals surface area contributed by atoms with E-state index in [0.717, 1.165) is 51.5 Å². The molecule has 1 aromatic rings. The Balaban J connectivity index is 0.00000110. The van der Waals surface area contributed by atoms with Gasteiger partial charge in [0.25, 0.3) is 0 Å². The highest BCUT2D eigenvalue weighted by atomic mass is 35.5. The molecule has 21 heavy (non-hydrogen) atoms. The third kappa shape index (κ3) is 4.22. The molecule has 1 unspecified atom stereocenters. The number of pyridine rings is 1. The number of anilines is 1. The molecule has 0 aliphatic carbocycles. The Labute approximate surface area is 137 Å². The lowest BCUT2D eigenvalue weighted by Gasteiger charge is -2.36. The average molecular weight is 333 g/mol. The van der Waals surface area contributed by atoms with Crippen molar-refractivity contribution >= 4 is 36.5 Å². The Hall–Kier alpha value is -1.04. The van der Waals surface area contributed by atoms with Crippen LogP contribution in [0.1, 0.15) is 6.42 Å². The SMILES string of the molecule is Cl.Cl.O=C(C1CCNC1)N1CCN(c2ccccn2)CC1. The first-order chi connectivity index (χ1) is 9.34. The summed E-state index contributed by atoms with van der Waals surface area (Å²) in [6.45, 7) is 5.20. The number of amides is 1. The smallest absolute Gasteiger partial charge is 0.227 e. The van der Waals surface area contributed by atoms with E-state index in [-0.39, 0.29) is 30.7 Å². The molecule has 1 aromatic heterocycles. The highest BCUT2D eigenvalue weighted by Gasteiger charge is 2.29. The zero-order chi connectivity index (χ0) is 13.1. The largest absolute Gasteiger partial charge is 0.353 e. The number of rotatable bonds is 2. The van der Waals surface area contributed by atoms with Crippen molar-refractivity contribution in [3.63, 3.8) is 0 Å². The Morgan fingerprint density at radius 3 is 2.52 bits per heavy atom. The number of nitrogens with one attached hydrogen (secondary N) is 1. The van der Waals surface area contributed by atoms with E-state index in [1.165, 1.54) is 0 Å². The number of carbonyl (C=O) groups excluding carboxylic acids is 1. The average Bonchev–Trinajstić information content (AvgIpc) is 3.02. The van der Waals surface area contributed by atoms with Crippen molar-refractivity contribution in [2.24, 2.45) is 5.92 Å². The third-order valence-electron chi connectivity index (χ3n) is 3.97. The van der Waals surface area contributed by atoms with Crippen LogP contribution in [0.5, 0.6) is 0 Å². The molecule has 0 saturated carbocycles. The van der Waals surface area contributed by atoms with Gasteiger partial charge in [-0.05, 0) is 25.1 Å². The van der Waals surface area contributed by atoms with E-state index < -0.39 is 0 Å². The summed E-state index contributed by atoms with van der Waals surface area (Å²) in [4.78, 5) is 20.9. The zero-order valence-corrected chi connectivity index (χ0v) is 13.5. The fourth-order valence-corrected chi connectivity index (χ4v) is 2.82. The Morgan fingerprint density at radius 1 is 1.19 bits per heavy atom. The van der Waals surface area contributed by atoms with Crippen LogP contribution in [0.2, 0.25) is 0 Å². The van der Waals surface area contributed by atoms with E-state index in [4.69, 9.17) is 0 Å². The predicted octanol–water partition coefficient (Wildman–Crippen LogP) is 1.18. The molecule has 2 saturated heterocycles. The van der Waals surface area contributed by atoms with Gasteiger partial charge in [-0.15, -0.1) is 24.8 Å². The van der Waals surface area contributed by atoms with Gasteiger partial charge in [0.2, 0.25) is 5.91 Å². The molecule has 0 spiro atoms. The second-order valence-electron chi connectivity index (χ2n) is 5.19. The number of halogens is 2. The molecule has 0 aromatic carbocycles. The minimum atomic E-state index is 0. The van der Waals surface area contributed by atoms with Gasteiger partial charge in [0.05, 0.1) is 5.92 Å². The van der Waals surface area contributed by atoms with E-state index in [1.807, 2.05) is 29.3 Å². The van der Waals surface area contributed by atoms with Gasteiger partial charge in [-0.1, -0.05) is 6.07 Å². The second kappa shape index (κ2) is 8.41. The maximum Gasteiger partial charge on any atom is 0.227 e. The minimum absolute atomic E-state index is 0. The summed E-state index contributed by atoms with van der Waals surface area (Å²) in [6, 6.07) is 5.96. The van der Waals surface area contributed by atoms with Gasteiger partial charge in [-0.3, -0.25) is 4.79 Å². The van der Waals surface area contributed by atoms with Crippen LogP contribution >= 0.6 is 24.8 Å². The molecule has 2 aliphatic rings. The van der Waals surface area contributed by atoms with Gasteiger partial charge in [-0.2, -0.15) is 0 Å². The maximum absolute atomic E-state index is 12.3. The quantitative estimate of drug-likeness (QED) is 0.883. The van der Waals surface area contributed by atoms with Crippen LogP contribution < -0.4 is 10.2 Å². The molecule has 0 bridgehead atoms. The lowest BCUT2D eigenvalue weighted by molar-refractivity contribution is -0.135. The van der Waals surface area contributed by atoms with Crippen LogP contribution in [0.25, 0.3) is 0 Å². The van der Waals surface area contributed by atoms with Gasteiger partial charge in [0.15, 0.2) is 0 Å². The first-order valence-corrected chi connectivity index (χ1v) is 7.00. The highest BCUT2D eigenvalue weighted by molar-refractivity contribution is 5.85. The highest BCUT2D eigenvalue weighted by Crippen LogP contribution is 2.16. The molecule has 7 heteroatoms. The van der Waals surface area contributed by atoms with Crippen molar-refractivity contribution in [3.05, 3.63) is 24.4 Å². The Bertz CT molecular complexity index is 432. The summed E-state index contributed by atoms with van der Waals surface area (Å²) in [7, 11) is 0. The lowest BCUT2D eigenvalue weighted by atomic mass is 10.1. The molecule has 3 rings (SSSR count). The standard InChI is InChI=1S/C14H20N4O.2ClH/c19-14(12-4-6-15-11-12)18-9-7-17(8-10-18)13-3-1-2-5-16-13;;/h1-3,5,12,15H,4,6-11H2;2*1H. The molecule has 5 nitrogen and oxygen atoms in total. The van der Waals surface area contributed by atoms with Gasteiger partial charge >= 0.3 is 0 Å². The van der Waals surface area contributed by atoms with Crippen LogP contribution in [0.15, 0.2) is 24.4 Å². The first kappa shape index (κ1) is 18.0. The number of hydrogen-bond acceptors (Lipinski definition) is 4.